The van der Waals surface area contributed by atoms with Gasteiger partial charge in [0.15, 0.2) is 18.6 Å². The summed E-state index contributed by atoms with van der Waals surface area (Å²) in [5.74, 6) is 2.37. The van der Waals surface area contributed by atoms with Crippen LogP contribution >= 0.6 is 19.2 Å². The quantitative estimate of drug-likeness (QED) is 0.0265. The van der Waals surface area contributed by atoms with Gasteiger partial charge in [0.1, 0.15) is 5.69 Å². The molecule has 0 spiro atoms. The molecule has 0 aliphatic rings. The minimum atomic E-state index is -3.23. The van der Waals surface area contributed by atoms with Gasteiger partial charge in [-0.3, -0.25) is 9.09 Å². The molecule has 1 atom stereocenters. The van der Waals surface area contributed by atoms with Crippen LogP contribution < -0.4 is 14.2 Å². The SMILES string of the molecule is [3H][B]SCOP(=O)(CCOCCOCCOCCOCCOCCOCCOCCOCc1cn(Cc2cc(OCCCCCCCCCCCC)c(OCCCCCCCCCCCC)c(OCCCCCCCCCCCC)c2)nn1)OCC.[U]. The van der Waals surface area contributed by atoms with Gasteiger partial charge in [-0.05, 0) is 45.2 Å². The molecular formula is C65H122BN3O14PSU. The van der Waals surface area contributed by atoms with Crippen LogP contribution in [0.15, 0.2) is 18.3 Å². The van der Waals surface area contributed by atoms with Crippen molar-refractivity contribution < 1.29 is 96.8 Å². The molecule has 21 heteroatoms. The molecule has 1 aromatic heterocycles. The van der Waals surface area contributed by atoms with E-state index in [2.05, 4.69) is 43.2 Å². The third-order valence-electron chi connectivity index (χ3n) is 14.3. The van der Waals surface area contributed by atoms with E-state index in [1.807, 2.05) is 10.9 Å². The number of rotatable bonds is 70. The Morgan fingerprint density at radius 1 is 0.453 bits per heavy atom. The zero-order valence-electron chi connectivity index (χ0n) is 55.7. The van der Waals surface area contributed by atoms with Crippen LogP contribution in [0.4, 0.5) is 0 Å². The van der Waals surface area contributed by atoms with Crippen molar-refractivity contribution in [3.63, 3.8) is 0 Å². The Kier molecular flexibility index (Phi) is 60.6. The summed E-state index contributed by atoms with van der Waals surface area (Å²) >= 11 is 1.10. The Labute approximate surface area is 553 Å². The fourth-order valence-electron chi connectivity index (χ4n) is 9.42. The molecule has 0 bridgehead atoms. The van der Waals surface area contributed by atoms with Gasteiger partial charge in [-0.1, -0.05) is 199 Å². The summed E-state index contributed by atoms with van der Waals surface area (Å²) in [5, 5.41) is 8.90. The molecule has 499 valence electrons. The molecule has 0 aliphatic heterocycles. The summed E-state index contributed by atoms with van der Waals surface area (Å²) in [6, 6.07) is 4.24. The molecule has 1 heterocycles. The first-order valence-electron chi connectivity index (χ1n) is 34.3. The smallest absolute Gasteiger partial charge is 0.333 e. The molecule has 1 aromatic carbocycles. The van der Waals surface area contributed by atoms with E-state index in [4.69, 9.17) is 62.5 Å². The van der Waals surface area contributed by atoms with Gasteiger partial charge >= 0.3 is 7.60 Å². The molecule has 2 aromatic rings. The molecule has 0 N–H and O–H groups in total. The average molecular weight is 1480 g/mol. The number of nitrogens with zero attached hydrogens (tertiary/aromatic N) is 3. The van der Waals surface area contributed by atoms with Crippen molar-refractivity contribution >= 4 is 26.3 Å². The average Bonchev–Trinajstić information content (AvgIpc) is 2.83. The molecule has 17 nitrogen and oxygen atoms in total. The Morgan fingerprint density at radius 2 is 0.802 bits per heavy atom. The number of hydrogen-bond acceptors (Lipinski definition) is 17. The van der Waals surface area contributed by atoms with E-state index in [0.29, 0.717) is 125 Å². The zero-order chi connectivity index (χ0) is 61.6. The fraction of sp³-hybridized carbons (Fsp3) is 0.877. The Bertz CT molecular complexity index is 1760. The molecule has 2 rings (SSSR count). The van der Waals surface area contributed by atoms with E-state index in [9.17, 15) is 4.57 Å². The van der Waals surface area contributed by atoms with E-state index < -0.39 is 7.60 Å². The standard InChI is InChI=1S/C65H122BN3O14PS.U/c1-5-9-12-15-18-21-24-27-30-33-36-79-63-55-61(56-64(80-37-34-31-28-25-22-19-16-13-10-6-2)65(63)81-38-35-32-29-26-23-20-17-14-11-7-3)57-69-58-62(67-68-69)59-78-52-51-76-48-47-74-44-43-72-40-39-71-41-42-73-45-46-75-49-50-77-53-54-84(70,82-8-4)83-60-85-66;/h55-56,58,66H,5-54,57,59-60H2,1-4H3;/i66T;. The molecule has 86 heavy (non-hydrogen) atoms. The second-order valence-corrected chi connectivity index (χ2v) is 24.7. The zero-order valence-corrected chi connectivity index (χ0v) is 60.6. The maximum atomic E-state index is 12.6. The molecule has 0 fully saturated rings. The predicted molar refractivity (Wildman–Crippen MR) is 348 cm³/mol. The molecule has 1 radical (unpaired) electrons. The summed E-state index contributed by atoms with van der Waals surface area (Å²) in [4.78, 5) is 0. The van der Waals surface area contributed by atoms with Crippen molar-refractivity contribution in [1.82, 2.24) is 15.0 Å². The van der Waals surface area contributed by atoms with Crippen molar-refractivity contribution in [2.24, 2.45) is 0 Å². The van der Waals surface area contributed by atoms with Crippen molar-refractivity contribution in [3.05, 3.63) is 29.6 Å². The van der Waals surface area contributed by atoms with Crippen LogP contribution in [0.2, 0.25) is 0 Å². The molecule has 0 saturated heterocycles. The molecule has 0 aliphatic carbocycles. The first-order valence-corrected chi connectivity index (χ1v) is 36.5. The van der Waals surface area contributed by atoms with Crippen LogP contribution in [0, 0.1) is 31.1 Å². The van der Waals surface area contributed by atoms with Crippen LogP contribution in [0.25, 0.3) is 0 Å². The number of unbranched alkanes of at least 4 members (excludes halogenated alkanes) is 27. The Balaban J connectivity index is 0.0000378. The maximum Gasteiger partial charge on any atom is 0.333 e. The third kappa shape index (κ3) is 50.7. The fourth-order valence-corrected chi connectivity index (χ4v) is 11.4. The van der Waals surface area contributed by atoms with E-state index >= 15 is 0 Å². The van der Waals surface area contributed by atoms with Gasteiger partial charge in [-0.2, -0.15) is 11.6 Å². The van der Waals surface area contributed by atoms with Gasteiger partial charge in [0, 0.05) is 31.1 Å². The Hall–Kier alpha value is -0.943. The Morgan fingerprint density at radius 3 is 1.17 bits per heavy atom. The molecular weight excluding hydrogens is 1360 g/mol. The summed E-state index contributed by atoms with van der Waals surface area (Å²) in [6.45, 7) is 18.1. The molecule has 0 saturated carbocycles. The first-order chi connectivity index (χ1) is 42.5. The maximum absolute atomic E-state index is 12.6. The number of benzene rings is 1. The first kappa shape index (κ1) is 81.1. The minimum Gasteiger partial charge on any atom is -0.490 e. The summed E-state index contributed by atoms with van der Waals surface area (Å²) in [5.41, 5.74) is 1.78. The van der Waals surface area contributed by atoms with E-state index in [0.717, 1.165) is 66.5 Å². The van der Waals surface area contributed by atoms with Crippen LogP contribution in [0.1, 0.15) is 232 Å². The van der Waals surface area contributed by atoms with Gasteiger partial charge in [0.05, 0.1) is 157 Å². The van der Waals surface area contributed by atoms with Crippen molar-refractivity contribution in [2.45, 2.75) is 233 Å². The van der Waals surface area contributed by atoms with E-state index in [1.54, 1.807) is 6.92 Å². The minimum absolute atomic E-state index is 0. The van der Waals surface area contributed by atoms with E-state index in [-0.39, 0.29) is 56.4 Å². The third-order valence-corrected chi connectivity index (χ3v) is 16.6. The van der Waals surface area contributed by atoms with Crippen molar-refractivity contribution in [2.75, 3.05) is 138 Å². The van der Waals surface area contributed by atoms with Gasteiger partial charge in [-0.15, -0.1) is 5.10 Å². The largest absolute Gasteiger partial charge is 0.490 e. The van der Waals surface area contributed by atoms with E-state index in [1.165, 1.54) is 173 Å². The van der Waals surface area contributed by atoms with Gasteiger partial charge in [0.25, 0.3) is 0 Å². The number of aromatic nitrogens is 3. The topological polar surface area (TPSA) is 168 Å². The summed E-state index contributed by atoms with van der Waals surface area (Å²) in [6.07, 6.45) is 40.5. The number of hydrogen-bond donors (Lipinski definition) is 0. The van der Waals surface area contributed by atoms with Crippen LogP contribution in [-0.4, -0.2) is 161 Å². The van der Waals surface area contributed by atoms with Gasteiger partial charge < -0.3 is 56.6 Å². The summed E-state index contributed by atoms with van der Waals surface area (Å²) < 4.78 is 97.0. The normalized spacial score (nSPS) is 12.3. The second kappa shape index (κ2) is 64.2. The second-order valence-electron chi connectivity index (χ2n) is 21.9. The van der Waals surface area contributed by atoms with Crippen LogP contribution in [0.3, 0.4) is 0 Å². The van der Waals surface area contributed by atoms with Crippen LogP contribution in [0.5, 0.6) is 17.2 Å². The van der Waals surface area contributed by atoms with Gasteiger partial charge in [-0.25, -0.2) is 4.68 Å². The van der Waals surface area contributed by atoms with Crippen LogP contribution in [-0.2, 0) is 64.7 Å². The van der Waals surface area contributed by atoms with Crippen molar-refractivity contribution in [3.8, 4) is 17.2 Å². The van der Waals surface area contributed by atoms with Gasteiger partial charge in [0.2, 0.25) is 5.75 Å². The molecule has 1 unspecified atom stereocenters. The monoisotopic (exact) mass is 1480 g/mol. The number of ether oxygens (including phenoxy) is 11. The molecule has 0 amide bonds. The van der Waals surface area contributed by atoms with Crippen molar-refractivity contribution in [1.29, 1.82) is 1.34 Å². The summed E-state index contributed by atoms with van der Waals surface area (Å²) in [7, 11) is -2.10. The predicted octanol–water partition coefficient (Wildman–Crippen LogP) is 15.6.